The van der Waals surface area contributed by atoms with Gasteiger partial charge in [0.25, 0.3) is 11.5 Å². The van der Waals surface area contributed by atoms with E-state index in [1.54, 1.807) is 30.3 Å². The zero-order valence-corrected chi connectivity index (χ0v) is 13.2. The van der Waals surface area contributed by atoms with Gasteiger partial charge in [0.1, 0.15) is 17.1 Å². The van der Waals surface area contributed by atoms with Gasteiger partial charge in [-0.2, -0.15) is 0 Å². The van der Waals surface area contributed by atoms with Gasteiger partial charge in [-0.05, 0) is 54.3 Å². The van der Waals surface area contributed by atoms with Gasteiger partial charge in [0.05, 0.1) is 18.0 Å². The fourth-order valence-corrected chi connectivity index (χ4v) is 3.22. The maximum Gasteiger partial charge on any atom is 0.261 e. The Morgan fingerprint density at radius 2 is 2.08 bits per heavy atom. The summed E-state index contributed by atoms with van der Waals surface area (Å²) in [5.41, 5.74) is 1.43. The molecule has 2 aromatic heterocycles. The van der Waals surface area contributed by atoms with Crippen LogP contribution in [-0.2, 0) is 6.42 Å². The summed E-state index contributed by atoms with van der Waals surface area (Å²) in [6, 6.07) is 11.1. The first-order valence-corrected chi connectivity index (χ1v) is 7.99. The molecule has 6 heteroatoms. The molecule has 1 atom stereocenters. The Labute approximate surface area is 142 Å². The molecule has 0 fully saturated rings. The fraction of sp³-hybridized carbons (Fsp3) is 0.158. The Morgan fingerprint density at radius 3 is 2.84 bits per heavy atom. The summed E-state index contributed by atoms with van der Waals surface area (Å²) >= 11 is 0. The second kappa shape index (κ2) is 6.05. The number of fused-ring (bicyclic) bond motifs is 1. The van der Waals surface area contributed by atoms with Gasteiger partial charge in [-0.25, -0.2) is 4.39 Å². The number of furan rings is 1. The standard InChI is InChI=1S/C19H15FN2O3/c20-14-4-1-3-12-11(14)6-8-15(12)21-18(23)13-7-9-16(22-19(13)24)17-5-2-10-25-17/h1-5,7,9-10,15H,6,8H2,(H,21,23)(H,22,24)/t15-/m0/s1. The molecule has 126 valence electrons. The van der Waals surface area contributed by atoms with Crippen LogP contribution in [0, 0.1) is 5.82 Å². The molecule has 5 nitrogen and oxygen atoms in total. The van der Waals surface area contributed by atoms with Crippen molar-refractivity contribution in [2.45, 2.75) is 18.9 Å². The highest BCUT2D eigenvalue weighted by Gasteiger charge is 2.27. The Kier molecular flexibility index (Phi) is 3.72. The molecular formula is C19H15FN2O3. The smallest absolute Gasteiger partial charge is 0.261 e. The maximum absolute atomic E-state index is 13.8. The zero-order chi connectivity index (χ0) is 17.4. The first-order valence-electron chi connectivity index (χ1n) is 7.99. The number of amides is 1. The van der Waals surface area contributed by atoms with E-state index in [4.69, 9.17) is 4.42 Å². The van der Waals surface area contributed by atoms with Gasteiger partial charge in [-0.3, -0.25) is 9.59 Å². The van der Waals surface area contributed by atoms with Gasteiger partial charge in [-0.15, -0.1) is 0 Å². The Balaban J connectivity index is 1.57. The molecule has 0 bridgehead atoms. The molecule has 1 amide bonds. The molecular weight excluding hydrogens is 323 g/mol. The number of hydrogen-bond donors (Lipinski definition) is 2. The molecule has 0 saturated carbocycles. The second-order valence-electron chi connectivity index (χ2n) is 5.96. The molecule has 3 aromatic rings. The van der Waals surface area contributed by atoms with Crippen molar-refractivity contribution < 1.29 is 13.6 Å². The molecule has 0 unspecified atom stereocenters. The number of hydrogen-bond acceptors (Lipinski definition) is 3. The molecule has 0 aliphatic heterocycles. The molecule has 1 aromatic carbocycles. The summed E-state index contributed by atoms with van der Waals surface area (Å²) in [5, 5.41) is 2.82. The minimum Gasteiger partial charge on any atom is -0.463 e. The Hall–Kier alpha value is -3.15. The minimum atomic E-state index is -0.496. The lowest BCUT2D eigenvalue weighted by Crippen LogP contribution is -2.32. The Morgan fingerprint density at radius 1 is 1.20 bits per heavy atom. The van der Waals surface area contributed by atoms with Crippen molar-refractivity contribution in [2.75, 3.05) is 0 Å². The van der Waals surface area contributed by atoms with Crippen LogP contribution in [-0.4, -0.2) is 10.9 Å². The molecule has 25 heavy (non-hydrogen) atoms. The second-order valence-corrected chi connectivity index (χ2v) is 5.96. The quantitative estimate of drug-likeness (QED) is 0.770. The van der Waals surface area contributed by atoms with E-state index >= 15 is 0 Å². The van der Waals surface area contributed by atoms with Crippen molar-refractivity contribution in [1.29, 1.82) is 0 Å². The number of halogens is 1. The van der Waals surface area contributed by atoms with Crippen molar-refractivity contribution >= 4 is 5.91 Å². The van der Waals surface area contributed by atoms with Crippen LogP contribution in [0.15, 0.2) is 57.9 Å². The van der Waals surface area contributed by atoms with E-state index in [0.717, 1.165) is 5.56 Å². The van der Waals surface area contributed by atoms with Gasteiger partial charge in [-0.1, -0.05) is 12.1 Å². The van der Waals surface area contributed by atoms with Crippen molar-refractivity contribution in [3.8, 4) is 11.5 Å². The summed E-state index contributed by atoms with van der Waals surface area (Å²) in [5.74, 6) is -0.214. The number of benzene rings is 1. The highest BCUT2D eigenvalue weighted by molar-refractivity contribution is 5.94. The fourth-order valence-electron chi connectivity index (χ4n) is 3.22. The molecule has 0 saturated heterocycles. The highest BCUT2D eigenvalue weighted by Crippen LogP contribution is 2.32. The van der Waals surface area contributed by atoms with E-state index in [9.17, 15) is 14.0 Å². The normalized spacial score (nSPS) is 15.8. The lowest BCUT2D eigenvalue weighted by molar-refractivity contribution is 0.0935. The number of aromatic nitrogens is 1. The number of pyridine rings is 1. The summed E-state index contributed by atoms with van der Waals surface area (Å²) in [6.07, 6.45) is 2.69. The van der Waals surface area contributed by atoms with Crippen LogP contribution >= 0.6 is 0 Å². The van der Waals surface area contributed by atoms with Crippen LogP contribution in [0.5, 0.6) is 0 Å². The third-order valence-electron chi connectivity index (χ3n) is 4.46. The van der Waals surface area contributed by atoms with Crippen molar-refractivity contribution in [3.05, 3.63) is 81.6 Å². The topological polar surface area (TPSA) is 75.1 Å². The molecule has 4 rings (SSSR count). The molecule has 0 radical (unpaired) electrons. The van der Waals surface area contributed by atoms with E-state index in [2.05, 4.69) is 10.3 Å². The lowest BCUT2D eigenvalue weighted by Gasteiger charge is -2.14. The average molecular weight is 338 g/mol. The number of rotatable bonds is 3. The molecule has 0 spiro atoms. The third kappa shape index (κ3) is 2.76. The summed E-state index contributed by atoms with van der Waals surface area (Å²) in [4.78, 5) is 27.3. The maximum atomic E-state index is 13.8. The van der Waals surface area contributed by atoms with Gasteiger partial charge in [0, 0.05) is 0 Å². The molecule has 1 aliphatic carbocycles. The highest BCUT2D eigenvalue weighted by atomic mass is 19.1. The van der Waals surface area contributed by atoms with Gasteiger partial charge in [0.2, 0.25) is 0 Å². The average Bonchev–Trinajstić information content (AvgIpc) is 3.26. The third-order valence-corrected chi connectivity index (χ3v) is 4.46. The first-order chi connectivity index (χ1) is 12.1. The van der Waals surface area contributed by atoms with Crippen LogP contribution in [0.4, 0.5) is 4.39 Å². The number of carbonyl (C=O) groups excluding carboxylic acids is 1. The van der Waals surface area contributed by atoms with Crippen LogP contribution in [0.3, 0.4) is 0 Å². The monoisotopic (exact) mass is 338 g/mol. The van der Waals surface area contributed by atoms with E-state index in [1.165, 1.54) is 18.4 Å². The molecule has 1 aliphatic rings. The van der Waals surface area contributed by atoms with Crippen LogP contribution in [0.1, 0.15) is 33.9 Å². The van der Waals surface area contributed by atoms with E-state index in [1.807, 2.05) is 0 Å². The summed E-state index contributed by atoms with van der Waals surface area (Å²) < 4.78 is 19.0. The van der Waals surface area contributed by atoms with E-state index < -0.39 is 11.5 Å². The van der Waals surface area contributed by atoms with E-state index in [0.29, 0.717) is 29.9 Å². The van der Waals surface area contributed by atoms with Crippen molar-refractivity contribution in [2.24, 2.45) is 0 Å². The molecule has 2 N–H and O–H groups in total. The van der Waals surface area contributed by atoms with Crippen LogP contribution in [0.25, 0.3) is 11.5 Å². The first kappa shape index (κ1) is 15.4. The number of carbonyl (C=O) groups is 1. The SMILES string of the molecule is O=C(N[C@H]1CCc2c(F)cccc21)c1ccc(-c2ccco2)[nH]c1=O. The van der Waals surface area contributed by atoms with Crippen molar-refractivity contribution in [1.82, 2.24) is 10.3 Å². The largest absolute Gasteiger partial charge is 0.463 e. The van der Waals surface area contributed by atoms with Gasteiger partial charge in [0.15, 0.2) is 0 Å². The van der Waals surface area contributed by atoms with Crippen LogP contribution < -0.4 is 10.9 Å². The number of H-pyrrole nitrogens is 1. The molecule has 2 heterocycles. The zero-order valence-electron chi connectivity index (χ0n) is 13.2. The minimum absolute atomic E-state index is 0.0140. The number of nitrogens with one attached hydrogen (secondary N) is 2. The summed E-state index contributed by atoms with van der Waals surface area (Å²) in [6.45, 7) is 0. The van der Waals surface area contributed by atoms with Crippen LogP contribution in [0.2, 0.25) is 0 Å². The van der Waals surface area contributed by atoms with Gasteiger partial charge < -0.3 is 14.7 Å². The predicted molar refractivity (Wildman–Crippen MR) is 89.7 cm³/mol. The lowest BCUT2D eigenvalue weighted by atomic mass is 10.1. The van der Waals surface area contributed by atoms with Gasteiger partial charge >= 0.3 is 0 Å². The summed E-state index contributed by atoms with van der Waals surface area (Å²) in [7, 11) is 0. The number of aromatic amines is 1. The Bertz CT molecular complexity index is 992. The predicted octanol–water partition coefficient (Wildman–Crippen LogP) is 3.19. The van der Waals surface area contributed by atoms with Crippen molar-refractivity contribution in [3.63, 3.8) is 0 Å². The van der Waals surface area contributed by atoms with E-state index in [-0.39, 0.29) is 17.4 Å².